The van der Waals surface area contributed by atoms with E-state index in [1.807, 2.05) is 0 Å². The Hall–Kier alpha value is -0.700. The van der Waals surface area contributed by atoms with Gasteiger partial charge in [-0.25, -0.2) is 4.79 Å². The first-order valence-electron chi connectivity index (χ1n) is 2.27. The second kappa shape index (κ2) is 2.73. The van der Waals surface area contributed by atoms with Gasteiger partial charge in [-0.3, -0.25) is 0 Å². The highest BCUT2D eigenvalue weighted by Gasteiger charge is 1.99. The Balaban J connectivity index is 0.000000640. The molecule has 0 atom stereocenters. The number of halogens is 1. The average Bonchev–Trinajstić information content (AvgIpc) is 1.85. The highest BCUT2D eigenvalue weighted by atomic mass is 35.5. The van der Waals surface area contributed by atoms with Crippen LogP contribution in [0.1, 0.15) is 11.5 Å². The average molecular weight is 151 g/mol. The molecule has 1 aromatic heterocycles. The van der Waals surface area contributed by atoms with Crippen LogP contribution in [0.15, 0.2) is 13.6 Å². The van der Waals surface area contributed by atoms with Crippen LogP contribution in [0, 0.1) is 13.8 Å². The Kier molecular flexibility index (Phi) is 2.52. The fourth-order valence-corrected chi connectivity index (χ4v) is 0.415. The van der Waals surface area contributed by atoms with Gasteiger partial charge in [-0.1, -0.05) is 0 Å². The van der Waals surface area contributed by atoms with E-state index in [1.165, 1.54) is 0 Å². The van der Waals surface area contributed by atoms with Gasteiger partial charge in [0.2, 0.25) is 0 Å². The minimum Gasteiger partial charge on any atom is -0.396 e. The summed E-state index contributed by atoms with van der Waals surface area (Å²) in [5, 5.41) is 0. The maximum atomic E-state index is 10.2. The Morgan fingerprint density at radius 2 is 1.44 bits per heavy atom. The minimum absolute atomic E-state index is 0. The van der Waals surface area contributed by atoms with Crippen LogP contribution in [-0.4, -0.2) is 0 Å². The highest BCUT2D eigenvalue weighted by molar-refractivity contribution is 5.85. The topological polar surface area (TPSA) is 43.4 Å². The molecule has 0 unspecified atom stereocenters. The highest BCUT2D eigenvalue weighted by Crippen LogP contribution is 1.99. The second-order valence-corrected chi connectivity index (χ2v) is 1.57. The lowest BCUT2D eigenvalue weighted by Gasteiger charge is -1.74. The van der Waals surface area contributed by atoms with Crippen molar-refractivity contribution < 1.29 is 8.83 Å². The molecule has 4 heteroatoms. The van der Waals surface area contributed by atoms with Gasteiger partial charge >= 0.3 is 5.82 Å². The summed E-state index contributed by atoms with van der Waals surface area (Å²) < 4.78 is 8.98. The standard InChI is InChI=1S/C5H6O3.ClH/c1-3-4(2)8-5(6)7-3;/h1-2H3;1H. The molecule has 0 saturated heterocycles. The van der Waals surface area contributed by atoms with Crippen molar-refractivity contribution in [2.75, 3.05) is 0 Å². The molecule has 0 aliphatic carbocycles. The van der Waals surface area contributed by atoms with Crippen LogP contribution >= 0.6 is 12.4 Å². The smallest absolute Gasteiger partial charge is 0.396 e. The predicted molar refractivity (Wildman–Crippen MR) is 34.0 cm³/mol. The van der Waals surface area contributed by atoms with Crippen LogP contribution in [0.5, 0.6) is 0 Å². The summed E-state index contributed by atoms with van der Waals surface area (Å²) in [7, 11) is 0. The maximum Gasteiger partial charge on any atom is 0.518 e. The maximum absolute atomic E-state index is 10.2. The third kappa shape index (κ3) is 1.61. The molecule has 3 nitrogen and oxygen atoms in total. The van der Waals surface area contributed by atoms with Crippen molar-refractivity contribution in [2.45, 2.75) is 13.8 Å². The van der Waals surface area contributed by atoms with Crippen molar-refractivity contribution in [3.05, 3.63) is 22.1 Å². The molecule has 0 aliphatic rings. The zero-order valence-corrected chi connectivity index (χ0v) is 5.95. The molecule has 0 amide bonds. The molecule has 0 bridgehead atoms. The van der Waals surface area contributed by atoms with Gasteiger partial charge < -0.3 is 8.83 Å². The van der Waals surface area contributed by atoms with Gasteiger partial charge in [-0.15, -0.1) is 12.4 Å². The lowest BCUT2D eigenvalue weighted by Crippen LogP contribution is -1.85. The first-order valence-corrected chi connectivity index (χ1v) is 2.27. The zero-order chi connectivity index (χ0) is 6.15. The van der Waals surface area contributed by atoms with E-state index in [9.17, 15) is 4.79 Å². The summed E-state index contributed by atoms with van der Waals surface area (Å²) in [4.78, 5) is 10.2. The van der Waals surface area contributed by atoms with Crippen LogP contribution in [0.4, 0.5) is 0 Å². The van der Waals surface area contributed by atoms with Gasteiger partial charge in [0.05, 0.1) is 0 Å². The van der Waals surface area contributed by atoms with Gasteiger partial charge in [0, 0.05) is 0 Å². The van der Waals surface area contributed by atoms with E-state index in [0.29, 0.717) is 11.5 Å². The molecule has 0 spiro atoms. The molecule has 0 fully saturated rings. The van der Waals surface area contributed by atoms with Crippen LogP contribution in [0.2, 0.25) is 0 Å². The Labute approximate surface area is 58.1 Å². The van der Waals surface area contributed by atoms with Crippen molar-refractivity contribution >= 4 is 12.4 Å². The SMILES string of the molecule is Cc1oc(=O)oc1C.Cl. The fraction of sp³-hybridized carbons (Fsp3) is 0.400. The Bertz CT molecular complexity index is 212. The molecule has 1 aromatic rings. The van der Waals surface area contributed by atoms with E-state index >= 15 is 0 Å². The predicted octanol–water partition coefficient (Wildman–Crippen LogP) is 1.27. The lowest BCUT2D eigenvalue weighted by atomic mass is 10.4. The van der Waals surface area contributed by atoms with E-state index < -0.39 is 5.82 Å². The van der Waals surface area contributed by atoms with Crippen LogP contribution in [0.25, 0.3) is 0 Å². The third-order valence-electron chi connectivity index (χ3n) is 0.969. The van der Waals surface area contributed by atoms with E-state index in [1.54, 1.807) is 13.8 Å². The summed E-state index contributed by atoms with van der Waals surface area (Å²) in [5.74, 6) is 0.477. The quantitative estimate of drug-likeness (QED) is 0.560. The minimum atomic E-state index is -0.625. The van der Waals surface area contributed by atoms with Crippen molar-refractivity contribution in [1.82, 2.24) is 0 Å². The summed E-state index contributed by atoms with van der Waals surface area (Å²) in [6.07, 6.45) is 0. The van der Waals surface area contributed by atoms with Crippen molar-refractivity contribution in [1.29, 1.82) is 0 Å². The molecule has 0 saturated carbocycles. The number of hydrogen-bond acceptors (Lipinski definition) is 3. The van der Waals surface area contributed by atoms with E-state index in [4.69, 9.17) is 0 Å². The Morgan fingerprint density at radius 3 is 1.56 bits per heavy atom. The molecule has 0 aromatic carbocycles. The van der Waals surface area contributed by atoms with Crippen LogP contribution in [-0.2, 0) is 0 Å². The molecule has 1 rings (SSSR count). The third-order valence-corrected chi connectivity index (χ3v) is 0.969. The van der Waals surface area contributed by atoms with Gasteiger partial charge in [-0.05, 0) is 13.8 Å². The van der Waals surface area contributed by atoms with Crippen molar-refractivity contribution in [3.8, 4) is 0 Å². The molecule has 0 aliphatic heterocycles. The van der Waals surface area contributed by atoms with Crippen LogP contribution in [0.3, 0.4) is 0 Å². The summed E-state index contributed by atoms with van der Waals surface area (Å²) in [5.41, 5.74) is 0. The van der Waals surface area contributed by atoms with Crippen molar-refractivity contribution in [2.24, 2.45) is 0 Å². The molecule has 1 heterocycles. The van der Waals surface area contributed by atoms with E-state index in [2.05, 4.69) is 8.83 Å². The van der Waals surface area contributed by atoms with Gasteiger partial charge in [0.25, 0.3) is 0 Å². The van der Waals surface area contributed by atoms with Gasteiger partial charge in [0.1, 0.15) is 11.5 Å². The number of hydrogen-bond donors (Lipinski definition) is 0. The first kappa shape index (κ1) is 8.30. The van der Waals surface area contributed by atoms with E-state index in [0.717, 1.165) is 0 Å². The summed E-state index contributed by atoms with van der Waals surface area (Å²) in [6.45, 7) is 3.36. The fourth-order valence-electron chi connectivity index (χ4n) is 0.415. The monoisotopic (exact) mass is 150 g/mol. The molecule has 0 N–H and O–H groups in total. The summed E-state index contributed by atoms with van der Waals surface area (Å²) >= 11 is 0. The second-order valence-electron chi connectivity index (χ2n) is 1.57. The van der Waals surface area contributed by atoms with Crippen molar-refractivity contribution in [3.63, 3.8) is 0 Å². The van der Waals surface area contributed by atoms with Crippen LogP contribution < -0.4 is 5.82 Å². The Morgan fingerprint density at radius 1 is 1.11 bits per heavy atom. The first-order chi connectivity index (χ1) is 3.70. The van der Waals surface area contributed by atoms with Gasteiger partial charge in [0.15, 0.2) is 0 Å². The number of aryl methyl sites for hydroxylation is 2. The number of rotatable bonds is 0. The molecule has 0 radical (unpaired) electrons. The summed E-state index contributed by atoms with van der Waals surface area (Å²) in [6, 6.07) is 0. The molecular weight excluding hydrogens is 144 g/mol. The van der Waals surface area contributed by atoms with Gasteiger partial charge in [-0.2, -0.15) is 0 Å². The molecular formula is C5H7ClO3. The normalized spacial score (nSPS) is 8.67. The zero-order valence-electron chi connectivity index (χ0n) is 5.13. The largest absolute Gasteiger partial charge is 0.518 e. The van der Waals surface area contributed by atoms with E-state index in [-0.39, 0.29) is 12.4 Å². The lowest BCUT2D eigenvalue weighted by molar-refractivity contribution is 0.373. The molecule has 52 valence electrons. The molecule has 9 heavy (non-hydrogen) atoms.